The average Bonchev–Trinajstić information content (AvgIpc) is 3.01. The molecule has 0 saturated heterocycles. The molecule has 4 aliphatic carbocycles. The third-order valence-corrected chi connectivity index (χ3v) is 9.33. The molecule has 6 nitrogen and oxygen atoms in total. The standard InChI is InChI=1S/C23H38N2O4/c1-21-8-6-15(25-29-11-10-24-3)12-19(21)23(28,14-26)13-16-17-4-5-20(27)22(17,2)9-7-18(16)21/h16-19,24,26,28H,4-14H2,1-3H3/b25-15-/t16-,17-,18-,19?,21+,22-,23-/m0/s1. The minimum atomic E-state index is -1.11. The zero-order valence-electron chi connectivity index (χ0n) is 18.2. The number of nitrogens with one attached hydrogen (secondary N) is 1. The molecular formula is C23H38N2O4. The summed E-state index contributed by atoms with van der Waals surface area (Å²) in [7, 11) is 1.88. The third kappa shape index (κ3) is 3.26. The predicted octanol–water partition coefficient (Wildman–Crippen LogP) is 2.52. The lowest BCUT2D eigenvalue weighted by Crippen LogP contribution is -2.64. The van der Waals surface area contributed by atoms with Crippen LogP contribution in [0, 0.1) is 34.5 Å². The maximum atomic E-state index is 12.6. The van der Waals surface area contributed by atoms with E-state index in [4.69, 9.17) is 4.84 Å². The molecule has 0 aromatic rings. The van der Waals surface area contributed by atoms with Crippen LogP contribution in [0.3, 0.4) is 0 Å². The SMILES string of the molecule is CNCCO/N=C1/CC[C@@]2(C)C(C1)[C@@](O)(CO)C[C@@H]1[C@@H]2CC[C@]2(C)C(=O)CC[C@@H]12. The average molecular weight is 407 g/mol. The molecule has 4 fully saturated rings. The molecule has 0 heterocycles. The Kier molecular flexibility index (Phi) is 5.58. The van der Waals surface area contributed by atoms with Gasteiger partial charge in [-0.2, -0.15) is 0 Å². The van der Waals surface area contributed by atoms with Crippen LogP contribution in [0.15, 0.2) is 5.16 Å². The first-order valence-corrected chi connectivity index (χ1v) is 11.5. The summed E-state index contributed by atoms with van der Waals surface area (Å²) in [5.41, 5.74) is -0.349. The highest BCUT2D eigenvalue weighted by molar-refractivity contribution is 5.87. The molecule has 29 heavy (non-hydrogen) atoms. The number of oxime groups is 1. The Labute approximate surface area is 174 Å². The Balaban J connectivity index is 1.60. The fourth-order valence-corrected chi connectivity index (χ4v) is 7.66. The van der Waals surface area contributed by atoms with Crippen LogP contribution in [0.2, 0.25) is 0 Å². The number of hydrogen-bond acceptors (Lipinski definition) is 6. The third-order valence-electron chi connectivity index (χ3n) is 9.33. The summed E-state index contributed by atoms with van der Waals surface area (Å²) >= 11 is 0. The number of fused-ring (bicyclic) bond motifs is 5. The molecule has 164 valence electrons. The van der Waals surface area contributed by atoms with Gasteiger partial charge in [-0.1, -0.05) is 19.0 Å². The molecule has 4 saturated carbocycles. The fraction of sp³-hybridized carbons (Fsp3) is 0.913. The molecule has 3 N–H and O–H groups in total. The van der Waals surface area contributed by atoms with Gasteiger partial charge in [-0.05, 0) is 75.2 Å². The maximum Gasteiger partial charge on any atom is 0.139 e. The molecule has 0 aliphatic heterocycles. The van der Waals surface area contributed by atoms with Gasteiger partial charge in [-0.25, -0.2) is 0 Å². The van der Waals surface area contributed by atoms with Gasteiger partial charge >= 0.3 is 0 Å². The van der Waals surface area contributed by atoms with Gasteiger partial charge < -0.3 is 20.4 Å². The highest BCUT2D eigenvalue weighted by Crippen LogP contribution is 2.67. The van der Waals surface area contributed by atoms with E-state index in [9.17, 15) is 15.0 Å². The highest BCUT2D eigenvalue weighted by Gasteiger charge is 2.65. The summed E-state index contributed by atoms with van der Waals surface area (Å²) in [5, 5.41) is 29.3. The molecule has 1 unspecified atom stereocenters. The van der Waals surface area contributed by atoms with Crippen LogP contribution in [0.25, 0.3) is 0 Å². The number of aliphatic hydroxyl groups is 2. The summed E-state index contributed by atoms with van der Waals surface area (Å²) in [5.74, 6) is 1.59. The molecule has 0 aromatic heterocycles. The molecule has 4 rings (SSSR count). The van der Waals surface area contributed by atoms with Gasteiger partial charge in [0.1, 0.15) is 12.4 Å². The number of aliphatic hydroxyl groups excluding tert-OH is 1. The van der Waals surface area contributed by atoms with Crippen molar-refractivity contribution in [1.82, 2.24) is 5.32 Å². The molecule has 0 radical (unpaired) electrons. The maximum absolute atomic E-state index is 12.6. The molecule has 0 bridgehead atoms. The quantitative estimate of drug-likeness (QED) is 0.482. The van der Waals surface area contributed by atoms with Crippen molar-refractivity contribution in [1.29, 1.82) is 0 Å². The van der Waals surface area contributed by atoms with E-state index in [-0.39, 0.29) is 23.4 Å². The first-order chi connectivity index (χ1) is 13.8. The van der Waals surface area contributed by atoms with Crippen molar-refractivity contribution >= 4 is 11.5 Å². The number of carbonyl (C=O) groups is 1. The zero-order valence-corrected chi connectivity index (χ0v) is 18.2. The summed E-state index contributed by atoms with van der Waals surface area (Å²) in [6.45, 7) is 5.55. The summed E-state index contributed by atoms with van der Waals surface area (Å²) in [6.07, 6.45) is 6.82. The Bertz CT molecular complexity index is 682. The first kappa shape index (κ1) is 21.3. The van der Waals surface area contributed by atoms with E-state index < -0.39 is 5.60 Å². The molecule has 0 aromatic carbocycles. The van der Waals surface area contributed by atoms with Crippen LogP contribution < -0.4 is 5.32 Å². The van der Waals surface area contributed by atoms with Crippen molar-refractivity contribution in [3.8, 4) is 0 Å². The molecule has 0 amide bonds. The first-order valence-electron chi connectivity index (χ1n) is 11.5. The minimum Gasteiger partial charge on any atom is -0.394 e. The topological polar surface area (TPSA) is 91.2 Å². The van der Waals surface area contributed by atoms with E-state index in [1.807, 2.05) is 7.05 Å². The summed E-state index contributed by atoms with van der Waals surface area (Å²) < 4.78 is 0. The number of rotatable bonds is 5. The van der Waals surface area contributed by atoms with E-state index in [0.717, 1.165) is 44.4 Å². The Hall–Kier alpha value is -0.980. The molecule has 4 aliphatic rings. The lowest BCUT2D eigenvalue weighted by molar-refractivity contribution is -0.206. The second-order valence-corrected chi connectivity index (χ2v) is 10.6. The van der Waals surface area contributed by atoms with Crippen LogP contribution in [0.5, 0.6) is 0 Å². The van der Waals surface area contributed by atoms with Gasteiger partial charge in [0.25, 0.3) is 0 Å². The Morgan fingerprint density at radius 1 is 1.21 bits per heavy atom. The number of hydrogen-bond donors (Lipinski definition) is 3. The van der Waals surface area contributed by atoms with Crippen molar-refractivity contribution in [2.24, 2.45) is 39.7 Å². The zero-order chi connectivity index (χ0) is 20.9. The fourth-order valence-electron chi connectivity index (χ4n) is 7.66. The predicted molar refractivity (Wildman–Crippen MR) is 111 cm³/mol. The summed E-state index contributed by atoms with van der Waals surface area (Å²) in [4.78, 5) is 18.1. The number of nitrogens with zero attached hydrogens (tertiary/aromatic N) is 1. The van der Waals surface area contributed by atoms with E-state index in [1.54, 1.807) is 0 Å². The van der Waals surface area contributed by atoms with E-state index >= 15 is 0 Å². The smallest absolute Gasteiger partial charge is 0.139 e. The van der Waals surface area contributed by atoms with Gasteiger partial charge in [0.05, 0.1) is 17.9 Å². The highest BCUT2D eigenvalue weighted by atomic mass is 16.6. The van der Waals surface area contributed by atoms with Gasteiger partial charge in [0.2, 0.25) is 0 Å². The largest absolute Gasteiger partial charge is 0.394 e. The second-order valence-electron chi connectivity index (χ2n) is 10.6. The molecular weight excluding hydrogens is 368 g/mol. The van der Waals surface area contributed by atoms with Crippen LogP contribution in [0.1, 0.15) is 65.2 Å². The van der Waals surface area contributed by atoms with E-state index in [1.165, 1.54) is 0 Å². The van der Waals surface area contributed by atoms with Crippen LogP contribution in [0.4, 0.5) is 0 Å². The number of carbonyl (C=O) groups excluding carboxylic acids is 1. The van der Waals surface area contributed by atoms with Crippen LogP contribution in [-0.2, 0) is 9.63 Å². The lowest BCUT2D eigenvalue weighted by Gasteiger charge is -2.63. The van der Waals surface area contributed by atoms with Crippen molar-refractivity contribution in [3.05, 3.63) is 0 Å². The lowest BCUT2D eigenvalue weighted by atomic mass is 9.42. The van der Waals surface area contributed by atoms with Crippen molar-refractivity contribution in [2.75, 3.05) is 26.8 Å². The van der Waals surface area contributed by atoms with Crippen molar-refractivity contribution < 1.29 is 19.8 Å². The van der Waals surface area contributed by atoms with E-state index in [0.29, 0.717) is 49.4 Å². The normalized spacial score (nSPS) is 48.2. The monoisotopic (exact) mass is 406 g/mol. The van der Waals surface area contributed by atoms with Crippen LogP contribution >= 0.6 is 0 Å². The van der Waals surface area contributed by atoms with Gasteiger partial charge in [0, 0.05) is 24.3 Å². The van der Waals surface area contributed by atoms with Gasteiger partial charge in [0.15, 0.2) is 0 Å². The van der Waals surface area contributed by atoms with Crippen molar-refractivity contribution in [2.45, 2.75) is 70.8 Å². The van der Waals surface area contributed by atoms with Gasteiger partial charge in [-0.3, -0.25) is 4.79 Å². The van der Waals surface area contributed by atoms with Gasteiger partial charge in [-0.15, -0.1) is 0 Å². The van der Waals surface area contributed by atoms with Crippen LogP contribution in [-0.4, -0.2) is 54.1 Å². The Morgan fingerprint density at radius 3 is 2.72 bits per heavy atom. The molecule has 0 spiro atoms. The number of ketones is 1. The van der Waals surface area contributed by atoms with Crippen molar-refractivity contribution in [3.63, 3.8) is 0 Å². The van der Waals surface area contributed by atoms with E-state index in [2.05, 4.69) is 24.3 Å². The Morgan fingerprint density at radius 2 is 2.00 bits per heavy atom. The molecule has 6 heteroatoms. The minimum absolute atomic E-state index is 0.0110. The number of likely N-dealkylation sites (N-methyl/N-ethyl adjacent to an activating group) is 1. The number of Topliss-reactive ketones (excluding diaryl/α,β-unsaturated/α-hetero) is 1. The second kappa shape index (κ2) is 7.61. The molecule has 7 atom stereocenters. The summed E-state index contributed by atoms with van der Waals surface area (Å²) in [6, 6.07) is 0.